The van der Waals surface area contributed by atoms with E-state index in [4.69, 9.17) is 0 Å². The number of allylic oxidation sites excluding steroid dienone is 2. The average molecular weight is 225 g/mol. The van der Waals surface area contributed by atoms with Crippen molar-refractivity contribution in [1.29, 1.82) is 0 Å². The molecular formula is C16H19N. The van der Waals surface area contributed by atoms with Crippen LogP contribution in [0.4, 0.5) is 0 Å². The van der Waals surface area contributed by atoms with E-state index in [-0.39, 0.29) is 0 Å². The highest BCUT2D eigenvalue weighted by Crippen LogP contribution is 2.42. The molecule has 1 aliphatic heterocycles. The Morgan fingerprint density at radius 3 is 2.71 bits per heavy atom. The van der Waals surface area contributed by atoms with Gasteiger partial charge < -0.3 is 5.32 Å². The molecule has 1 nitrogen and oxygen atoms in total. The summed E-state index contributed by atoms with van der Waals surface area (Å²) in [6.45, 7) is 9.39. The molecule has 2 aliphatic rings. The van der Waals surface area contributed by atoms with Gasteiger partial charge in [-0.2, -0.15) is 0 Å². The van der Waals surface area contributed by atoms with E-state index < -0.39 is 0 Å². The summed E-state index contributed by atoms with van der Waals surface area (Å²) in [7, 11) is 0. The molecule has 1 heteroatoms. The quantitative estimate of drug-likeness (QED) is 0.772. The van der Waals surface area contributed by atoms with Crippen LogP contribution in [0.25, 0.3) is 5.57 Å². The molecule has 17 heavy (non-hydrogen) atoms. The maximum Gasteiger partial charge on any atom is 0.0178 e. The van der Waals surface area contributed by atoms with Gasteiger partial charge in [-0.3, -0.25) is 0 Å². The number of hydrogen-bond acceptors (Lipinski definition) is 1. The first-order valence-corrected chi connectivity index (χ1v) is 6.44. The second kappa shape index (κ2) is 4.06. The summed E-state index contributed by atoms with van der Waals surface area (Å²) in [6.07, 6.45) is 3.54. The Balaban J connectivity index is 1.80. The predicted molar refractivity (Wildman–Crippen MR) is 72.5 cm³/mol. The zero-order valence-corrected chi connectivity index (χ0v) is 10.2. The van der Waals surface area contributed by atoms with Crippen molar-refractivity contribution in [2.75, 3.05) is 6.54 Å². The van der Waals surface area contributed by atoms with Crippen LogP contribution in [0.3, 0.4) is 0 Å². The van der Waals surface area contributed by atoms with Crippen LogP contribution in [-0.2, 0) is 6.42 Å². The molecule has 0 bridgehead atoms. The molecule has 3 rings (SSSR count). The number of fused-ring (bicyclic) bond motifs is 1. The van der Waals surface area contributed by atoms with Crippen molar-refractivity contribution in [2.24, 2.45) is 11.8 Å². The highest BCUT2D eigenvalue weighted by Gasteiger charge is 2.32. The lowest BCUT2D eigenvalue weighted by Gasteiger charge is -2.30. The summed E-state index contributed by atoms with van der Waals surface area (Å²) >= 11 is 0. The van der Waals surface area contributed by atoms with Gasteiger partial charge in [-0.05, 0) is 47.8 Å². The fourth-order valence-corrected chi connectivity index (χ4v) is 3.19. The Morgan fingerprint density at radius 1 is 1.18 bits per heavy atom. The Bertz CT molecular complexity index is 462. The van der Waals surface area contributed by atoms with Crippen LogP contribution < -0.4 is 5.32 Å². The van der Waals surface area contributed by atoms with Gasteiger partial charge in [0.25, 0.3) is 0 Å². The minimum atomic E-state index is 0.632. The molecule has 1 fully saturated rings. The van der Waals surface area contributed by atoms with Gasteiger partial charge in [0.1, 0.15) is 0 Å². The Hall–Kier alpha value is -1.50. The van der Waals surface area contributed by atoms with E-state index in [1.807, 2.05) is 0 Å². The highest BCUT2D eigenvalue weighted by atomic mass is 14.9. The van der Waals surface area contributed by atoms with Crippen molar-refractivity contribution in [3.05, 3.63) is 54.2 Å². The molecule has 0 amide bonds. The van der Waals surface area contributed by atoms with Crippen molar-refractivity contribution in [3.8, 4) is 0 Å². The van der Waals surface area contributed by atoms with E-state index in [9.17, 15) is 0 Å². The van der Waals surface area contributed by atoms with E-state index in [1.54, 1.807) is 0 Å². The molecule has 0 radical (unpaired) electrons. The molecule has 1 saturated heterocycles. The van der Waals surface area contributed by atoms with Crippen molar-refractivity contribution in [1.82, 2.24) is 5.32 Å². The first kappa shape index (κ1) is 10.6. The number of benzene rings is 1. The Morgan fingerprint density at radius 2 is 2.00 bits per heavy atom. The summed E-state index contributed by atoms with van der Waals surface area (Å²) in [5, 5.41) is 3.42. The maximum absolute atomic E-state index is 4.32. The smallest absolute Gasteiger partial charge is 0.0178 e. The normalized spacial score (nSPS) is 27.8. The van der Waals surface area contributed by atoms with Gasteiger partial charge in [0.05, 0.1) is 0 Å². The molecule has 0 saturated carbocycles. The molecule has 1 aromatic rings. The van der Waals surface area contributed by atoms with Gasteiger partial charge in [0.15, 0.2) is 0 Å². The van der Waals surface area contributed by atoms with Crippen molar-refractivity contribution in [2.45, 2.75) is 19.3 Å². The van der Waals surface area contributed by atoms with E-state index in [1.165, 1.54) is 35.2 Å². The molecule has 88 valence electrons. The van der Waals surface area contributed by atoms with Crippen LogP contribution in [0.1, 0.15) is 24.0 Å². The summed E-state index contributed by atoms with van der Waals surface area (Å²) < 4.78 is 0. The minimum absolute atomic E-state index is 0.632. The first-order chi connectivity index (χ1) is 8.25. The van der Waals surface area contributed by atoms with E-state index in [2.05, 4.69) is 42.7 Å². The minimum Gasteiger partial charge on any atom is -0.389 e. The SMILES string of the molecule is C=C1CCC(C2Cc3ccccc3C2=C)CN1. The van der Waals surface area contributed by atoms with Gasteiger partial charge in [0.2, 0.25) is 0 Å². The monoisotopic (exact) mass is 225 g/mol. The van der Waals surface area contributed by atoms with Crippen LogP contribution in [0.15, 0.2) is 43.1 Å². The van der Waals surface area contributed by atoms with Gasteiger partial charge in [-0.15, -0.1) is 0 Å². The largest absolute Gasteiger partial charge is 0.389 e. The van der Waals surface area contributed by atoms with Crippen molar-refractivity contribution in [3.63, 3.8) is 0 Å². The molecule has 2 unspecified atom stereocenters. The first-order valence-electron chi connectivity index (χ1n) is 6.44. The van der Waals surface area contributed by atoms with E-state index >= 15 is 0 Å². The Labute approximate surface area is 103 Å². The molecule has 1 N–H and O–H groups in total. The average Bonchev–Trinajstić information content (AvgIpc) is 2.69. The number of piperidine rings is 1. The number of nitrogens with one attached hydrogen (secondary N) is 1. The van der Waals surface area contributed by atoms with Gasteiger partial charge in [-0.25, -0.2) is 0 Å². The van der Waals surface area contributed by atoms with Gasteiger partial charge in [-0.1, -0.05) is 37.4 Å². The summed E-state index contributed by atoms with van der Waals surface area (Å²) in [5.41, 5.74) is 5.41. The van der Waals surface area contributed by atoms with Crippen LogP contribution in [-0.4, -0.2) is 6.54 Å². The molecular weight excluding hydrogens is 206 g/mol. The molecule has 1 heterocycles. The highest BCUT2D eigenvalue weighted by molar-refractivity contribution is 5.72. The fourth-order valence-electron chi connectivity index (χ4n) is 3.19. The fraction of sp³-hybridized carbons (Fsp3) is 0.375. The number of rotatable bonds is 1. The predicted octanol–water partition coefficient (Wildman–Crippen LogP) is 3.39. The standard InChI is InChI=1S/C16H19N/c1-11-7-8-14(10-17-11)16-9-13-5-3-4-6-15(13)12(16)2/h3-6,14,16-17H,1-2,7-10H2. The molecule has 0 aromatic heterocycles. The third-order valence-corrected chi connectivity index (χ3v) is 4.25. The maximum atomic E-state index is 4.32. The van der Waals surface area contributed by atoms with Crippen LogP contribution >= 0.6 is 0 Å². The molecule has 1 aromatic carbocycles. The zero-order chi connectivity index (χ0) is 11.8. The van der Waals surface area contributed by atoms with Crippen LogP contribution in [0.5, 0.6) is 0 Å². The molecule has 0 spiro atoms. The lowest BCUT2D eigenvalue weighted by Crippen LogP contribution is -2.32. The summed E-state index contributed by atoms with van der Waals surface area (Å²) in [4.78, 5) is 0. The lowest BCUT2D eigenvalue weighted by molar-refractivity contribution is 0.341. The Kier molecular flexibility index (Phi) is 2.54. The molecule has 2 atom stereocenters. The van der Waals surface area contributed by atoms with Crippen LogP contribution in [0, 0.1) is 11.8 Å². The zero-order valence-electron chi connectivity index (χ0n) is 10.2. The third kappa shape index (κ3) is 1.80. The van der Waals surface area contributed by atoms with Gasteiger partial charge in [0, 0.05) is 12.2 Å². The topological polar surface area (TPSA) is 12.0 Å². The number of hydrogen-bond donors (Lipinski definition) is 1. The molecule has 1 aliphatic carbocycles. The van der Waals surface area contributed by atoms with E-state index in [0.717, 1.165) is 18.9 Å². The van der Waals surface area contributed by atoms with Crippen molar-refractivity contribution >= 4 is 5.57 Å². The van der Waals surface area contributed by atoms with Crippen LogP contribution in [0.2, 0.25) is 0 Å². The van der Waals surface area contributed by atoms with E-state index in [0.29, 0.717) is 5.92 Å². The third-order valence-electron chi connectivity index (χ3n) is 4.25. The van der Waals surface area contributed by atoms with Gasteiger partial charge >= 0.3 is 0 Å². The summed E-state index contributed by atoms with van der Waals surface area (Å²) in [5.74, 6) is 1.35. The second-order valence-electron chi connectivity index (χ2n) is 5.28. The second-order valence-corrected chi connectivity index (χ2v) is 5.28. The lowest BCUT2D eigenvalue weighted by atomic mass is 9.82. The summed E-state index contributed by atoms with van der Waals surface area (Å²) in [6, 6.07) is 8.71. The van der Waals surface area contributed by atoms with Crippen molar-refractivity contribution < 1.29 is 0 Å².